The van der Waals surface area contributed by atoms with Gasteiger partial charge in [0.15, 0.2) is 0 Å². The molecule has 1 aliphatic heterocycles. The zero-order valence-corrected chi connectivity index (χ0v) is 11.1. The first-order chi connectivity index (χ1) is 9.36. The molecule has 1 aromatic carbocycles. The van der Waals surface area contributed by atoms with Gasteiger partial charge in [-0.3, -0.25) is 14.9 Å². The minimum Gasteiger partial charge on any atom is -0.326 e. The number of nitrogens with one attached hydrogen (secondary N) is 1. The summed E-state index contributed by atoms with van der Waals surface area (Å²) in [4.78, 5) is 22.2. The van der Waals surface area contributed by atoms with Gasteiger partial charge in [0.2, 0.25) is 21.8 Å². The van der Waals surface area contributed by atoms with Gasteiger partial charge in [-0.1, -0.05) is 6.07 Å². The second-order valence-electron chi connectivity index (χ2n) is 4.17. The second-order valence-corrected chi connectivity index (χ2v) is 6.07. The molecule has 0 saturated carbocycles. The molecule has 0 radical (unpaired) electrons. The van der Waals surface area contributed by atoms with Crippen LogP contribution < -0.4 is 11.1 Å². The van der Waals surface area contributed by atoms with Gasteiger partial charge in [-0.25, -0.2) is 12.8 Å². The van der Waals surface area contributed by atoms with Crippen molar-refractivity contribution in [1.82, 2.24) is 9.62 Å². The number of piperazine rings is 1. The summed E-state index contributed by atoms with van der Waals surface area (Å²) in [6, 6.07) is 3.51. The van der Waals surface area contributed by atoms with Crippen molar-refractivity contribution < 1.29 is 22.4 Å². The monoisotopic (exact) mass is 301 g/mol. The average molecular weight is 301 g/mol. The van der Waals surface area contributed by atoms with E-state index in [9.17, 15) is 22.4 Å². The van der Waals surface area contributed by atoms with Gasteiger partial charge in [0, 0.05) is 12.1 Å². The van der Waals surface area contributed by atoms with E-state index in [1.54, 1.807) is 0 Å². The number of hydrogen-bond acceptors (Lipinski definition) is 5. The smallest absolute Gasteiger partial charge is 0.244 e. The molecule has 2 amide bonds. The van der Waals surface area contributed by atoms with E-state index in [0.29, 0.717) is 4.31 Å². The minimum absolute atomic E-state index is 0.175. The van der Waals surface area contributed by atoms with Crippen molar-refractivity contribution in [1.29, 1.82) is 0 Å². The SMILES string of the molecule is NCc1c(F)cccc1S(=O)(=O)N1CC(=O)NC(=O)C1. The lowest BCUT2D eigenvalue weighted by Crippen LogP contribution is -2.53. The maximum absolute atomic E-state index is 13.6. The highest BCUT2D eigenvalue weighted by Crippen LogP contribution is 2.22. The highest BCUT2D eigenvalue weighted by atomic mass is 32.2. The van der Waals surface area contributed by atoms with Crippen LogP contribution in [0.15, 0.2) is 23.1 Å². The van der Waals surface area contributed by atoms with Gasteiger partial charge in [0.25, 0.3) is 0 Å². The molecule has 3 N–H and O–H groups in total. The van der Waals surface area contributed by atoms with E-state index in [4.69, 9.17) is 5.73 Å². The number of benzene rings is 1. The summed E-state index contributed by atoms with van der Waals surface area (Å²) in [5.41, 5.74) is 5.19. The summed E-state index contributed by atoms with van der Waals surface area (Å²) < 4.78 is 39.1. The first-order valence-corrected chi connectivity index (χ1v) is 7.10. The Bertz CT molecular complexity index is 658. The highest BCUT2D eigenvalue weighted by Gasteiger charge is 2.34. The van der Waals surface area contributed by atoms with Gasteiger partial charge in [0.05, 0.1) is 18.0 Å². The summed E-state index contributed by atoms with van der Waals surface area (Å²) in [7, 11) is -4.16. The largest absolute Gasteiger partial charge is 0.326 e. The molecule has 0 spiro atoms. The Morgan fingerprint density at radius 1 is 1.25 bits per heavy atom. The molecule has 9 heteroatoms. The molecule has 1 fully saturated rings. The van der Waals surface area contributed by atoms with Crippen LogP contribution in [0.25, 0.3) is 0 Å². The number of imide groups is 1. The molecule has 1 heterocycles. The standard InChI is InChI=1S/C11H12FN3O4S/c12-8-2-1-3-9(7(8)4-13)20(18,19)15-5-10(16)14-11(17)6-15/h1-3H,4-6,13H2,(H,14,16,17). The molecule has 1 aromatic rings. The van der Waals surface area contributed by atoms with Crippen LogP contribution in [0.2, 0.25) is 0 Å². The Morgan fingerprint density at radius 3 is 2.40 bits per heavy atom. The summed E-state index contributed by atoms with van der Waals surface area (Å²) >= 11 is 0. The Morgan fingerprint density at radius 2 is 1.85 bits per heavy atom. The van der Waals surface area contributed by atoms with Gasteiger partial charge in [-0.05, 0) is 12.1 Å². The summed E-state index contributed by atoms with van der Waals surface area (Å²) in [5, 5.41) is 1.99. The van der Waals surface area contributed by atoms with Crippen LogP contribution in [0.1, 0.15) is 5.56 Å². The molecule has 0 bridgehead atoms. The Labute approximate surface area is 114 Å². The molecule has 0 unspecified atom stereocenters. The molecule has 0 aliphatic carbocycles. The quantitative estimate of drug-likeness (QED) is 0.691. The number of amides is 2. The average Bonchev–Trinajstić information content (AvgIpc) is 2.37. The van der Waals surface area contributed by atoms with Gasteiger partial charge < -0.3 is 5.73 Å². The molecule has 1 saturated heterocycles. The number of halogens is 1. The maximum Gasteiger partial charge on any atom is 0.244 e. The number of hydrogen-bond donors (Lipinski definition) is 2. The lowest BCUT2D eigenvalue weighted by molar-refractivity contribution is -0.134. The zero-order valence-electron chi connectivity index (χ0n) is 10.3. The molecule has 0 atom stereocenters. The number of carbonyl (C=O) groups is 2. The third-order valence-corrected chi connectivity index (χ3v) is 4.69. The number of nitrogens with zero attached hydrogens (tertiary/aromatic N) is 1. The van der Waals surface area contributed by atoms with Crippen molar-refractivity contribution in [3.05, 3.63) is 29.6 Å². The van der Waals surface area contributed by atoms with Crippen LogP contribution in [0.3, 0.4) is 0 Å². The van der Waals surface area contributed by atoms with Crippen molar-refractivity contribution in [2.24, 2.45) is 5.73 Å². The van der Waals surface area contributed by atoms with E-state index in [2.05, 4.69) is 0 Å². The Balaban J connectivity index is 2.48. The number of nitrogens with two attached hydrogens (primary N) is 1. The number of rotatable bonds is 3. The summed E-state index contributed by atoms with van der Waals surface area (Å²) in [6.07, 6.45) is 0. The summed E-state index contributed by atoms with van der Waals surface area (Å²) in [6.45, 7) is -1.29. The first kappa shape index (κ1) is 14.6. The fraction of sp³-hybridized carbons (Fsp3) is 0.273. The molecule has 20 heavy (non-hydrogen) atoms. The fourth-order valence-electron chi connectivity index (χ4n) is 1.90. The second kappa shape index (κ2) is 5.27. The molecule has 108 valence electrons. The van der Waals surface area contributed by atoms with Gasteiger partial charge >= 0.3 is 0 Å². The normalized spacial score (nSPS) is 17.1. The van der Waals surface area contributed by atoms with Crippen molar-refractivity contribution in [2.75, 3.05) is 13.1 Å². The van der Waals surface area contributed by atoms with Crippen molar-refractivity contribution >= 4 is 21.8 Å². The molecule has 0 aromatic heterocycles. The first-order valence-electron chi connectivity index (χ1n) is 5.66. The minimum atomic E-state index is -4.16. The van der Waals surface area contributed by atoms with Crippen LogP contribution in [0.4, 0.5) is 4.39 Å². The van der Waals surface area contributed by atoms with Crippen LogP contribution in [-0.2, 0) is 26.2 Å². The maximum atomic E-state index is 13.6. The lowest BCUT2D eigenvalue weighted by atomic mass is 10.2. The van der Waals surface area contributed by atoms with E-state index in [1.165, 1.54) is 12.1 Å². The Kier molecular flexibility index (Phi) is 3.84. The molecule has 1 aliphatic rings. The van der Waals surface area contributed by atoms with Crippen LogP contribution >= 0.6 is 0 Å². The highest BCUT2D eigenvalue weighted by molar-refractivity contribution is 7.89. The fourth-order valence-corrected chi connectivity index (χ4v) is 3.49. The topological polar surface area (TPSA) is 110 Å². The molecule has 7 nitrogen and oxygen atoms in total. The molecular formula is C11H12FN3O4S. The van der Waals surface area contributed by atoms with E-state index < -0.39 is 40.7 Å². The molecular weight excluding hydrogens is 289 g/mol. The van der Waals surface area contributed by atoms with Crippen molar-refractivity contribution in [3.8, 4) is 0 Å². The van der Waals surface area contributed by atoms with Crippen molar-refractivity contribution in [3.63, 3.8) is 0 Å². The van der Waals surface area contributed by atoms with E-state index >= 15 is 0 Å². The van der Waals surface area contributed by atoms with Crippen molar-refractivity contribution in [2.45, 2.75) is 11.4 Å². The predicted molar refractivity (Wildman–Crippen MR) is 66.2 cm³/mol. The third kappa shape index (κ3) is 2.55. The van der Waals surface area contributed by atoms with Gasteiger partial charge in [0.1, 0.15) is 5.82 Å². The van der Waals surface area contributed by atoms with Crippen LogP contribution in [0.5, 0.6) is 0 Å². The number of sulfonamides is 1. The predicted octanol–water partition coefficient (Wildman–Crippen LogP) is -1.07. The van der Waals surface area contributed by atoms with Gasteiger partial charge in [-0.15, -0.1) is 0 Å². The van der Waals surface area contributed by atoms with Crippen LogP contribution in [0, 0.1) is 5.82 Å². The lowest BCUT2D eigenvalue weighted by Gasteiger charge is -2.25. The van der Waals surface area contributed by atoms with E-state index in [1.807, 2.05) is 5.32 Å². The Hall–Kier alpha value is -1.84. The van der Waals surface area contributed by atoms with E-state index in [-0.39, 0.29) is 17.0 Å². The number of carbonyl (C=O) groups excluding carboxylic acids is 2. The summed E-state index contributed by atoms with van der Waals surface area (Å²) in [5.74, 6) is -2.20. The third-order valence-electron chi connectivity index (χ3n) is 2.82. The van der Waals surface area contributed by atoms with Crippen LogP contribution in [-0.4, -0.2) is 37.6 Å². The van der Waals surface area contributed by atoms with E-state index in [0.717, 1.165) is 6.07 Å². The zero-order chi connectivity index (χ0) is 14.9. The van der Waals surface area contributed by atoms with Gasteiger partial charge in [-0.2, -0.15) is 4.31 Å². The molecule has 2 rings (SSSR count).